The highest BCUT2D eigenvalue weighted by Crippen LogP contribution is 2.26. The fraction of sp³-hybridized carbons (Fsp3) is 0.647. The third-order valence-corrected chi connectivity index (χ3v) is 4.40. The van der Waals surface area contributed by atoms with Gasteiger partial charge in [0.05, 0.1) is 7.11 Å². The Morgan fingerprint density at radius 3 is 2.47 bits per heavy atom. The van der Waals surface area contributed by atoms with E-state index in [-0.39, 0.29) is 0 Å². The van der Waals surface area contributed by atoms with Crippen molar-refractivity contribution in [1.29, 1.82) is 0 Å². The van der Waals surface area contributed by atoms with Gasteiger partial charge in [-0.3, -0.25) is 0 Å². The molecule has 0 bridgehead atoms. The summed E-state index contributed by atoms with van der Waals surface area (Å²) < 4.78 is 5.18. The van der Waals surface area contributed by atoms with Gasteiger partial charge in [0, 0.05) is 6.04 Å². The van der Waals surface area contributed by atoms with Crippen molar-refractivity contribution >= 4 is 0 Å². The van der Waals surface area contributed by atoms with Gasteiger partial charge in [-0.1, -0.05) is 31.4 Å². The predicted octanol–water partition coefficient (Wildman–Crippen LogP) is 3.80. The molecule has 2 heteroatoms. The molecule has 19 heavy (non-hydrogen) atoms. The molecule has 1 aromatic carbocycles. The molecule has 1 unspecified atom stereocenters. The number of benzene rings is 1. The van der Waals surface area contributed by atoms with Gasteiger partial charge in [-0.2, -0.15) is 0 Å². The van der Waals surface area contributed by atoms with Gasteiger partial charge in [0.1, 0.15) is 5.75 Å². The average Bonchev–Trinajstić information content (AvgIpc) is 2.49. The first kappa shape index (κ1) is 14.4. The minimum Gasteiger partial charge on any atom is -0.497 e. The molecule has 2 nitrogen and oxygen atoms in total. The highest BCUT2D eigenvalue weighted by molar-refractivity contribution is 5.27. The molecule has 2 rings (SSSR count). The van der Waals surface area contributed by atoms with E-state index >= 15 is 0 Å². The predicted molar refractivity (Wildman–Crippen MR) is 80.7 cm³/mol. The van der Waals surface area contributed by atoms with E-state index < -0.39 is 0 Å². The molecule has 1 N–H and O–H groups in total. The molecular formula is C17H27NO. The summed E-state index contributed by atoms with van der Waals surface area (Å²) in [7, 11) is 1.71. The van der Waals surface area contributed by atoms with E-state index in [0.29, 0.717) is 6.04 Å². The SMILES string of the molecule is COc1ccc(CCNC(C)C2CCCCC2)cc1. The molecule has 1 fully saturated rings. The lowest BCUT2D eigenvalue weighted by Gasteiger charge is -2.28. The van der Waals surface area contributed by atoms with E-state index in [1.54, 1.807) is 7.11 Å². The minimum atomic E-state index is 0.665. The van der Waals surface area contributed by atoms with Crippen LogP contribution in [0.1, 0.15) is 44.6 Å². The van der Waals surface area contributed by atoms with Crippen molar-refractivity contribution < 1.29 is 4.74 Å². The quantitative estimate of drug-likeness (QED) is 0.841. The summed E-state index contributed by atoms with van der Waals surface area (Å²) in [6, 6.07) is 9.07. The lowest BCUT2D eigenvalue weighted by molar-refractivity contribution is 0.283. The molecular weight excluding hydrogens is 234 g/mol. The maximum absolute atomic E-state index is 5.18. The van der Waals surface area contributed by atoms with Gasteiger partial charge in [-0.25, -0.2) is 0 Å². The molecule has 106 valence electrons. The number of hydrogen-bond donors (Lipinski definition) is 1. The van der Waals surface area contributed by atoms with E-state index in [0.717, 1.165) is 24.6 Å². The van der Waals surface area contributed by atoms with Crippen molar-refractivity contribution in [3.63, 3.8) is 0 Å². The Labute approximate surface area is 117 Å². The van der Waals surface area contributed by atoms with Crippen molar-refractivity contribution in [3.8, 4) is 5.75 Å². The van der Waals surface area contributed by atoms with E-state index in [9.17, 15) is 0 Å². The fourth-order valence-corrected chi connectivity index (χ4v) is 3.04. The van der Waals surface area contributed by atoms with E-state index in [1.807, 2.05) is 12.1 Å². The van der Waals surface area contributed by atoms with Crippen LogP contribution in [0.2, 0.25) is 0 Å². The number of ether oxygens (including phenoxy) is 1. The highest BCUT2D eigenvalue weighted by Gasteiger charge is 2.19. The van der Waals surface area contributed by atoms with Crippen molar-refractivity contribution in [2.24, 2.45) is 5.92 Å². The number of hydrogen-bond acceptors (Lipinski definition) is 2. The average molecular weight is 261 g/mol. The van der Waals surface area contributed by atoms with Gasteiger partial charge in [0.2, 0.25) is 0 Å². The maximum Gasteiger partial charge on any atom is 0.118 e. The Kier molecular flexibility index (Phi) is 5.71. The largest absolute Gasteiger partial charge is 0.497 e. The monoisotopic (exact) mass is 261 g/mol. The van der Waals surface area contributed by atoms with Crippen molar-refractivity contribution in [1.82, 2.24) is 5.32 Å². The first-order valence-corrected chi connectivity index (χ1v) is 7.66. The van der Waals surface area contributed by atoms with E-state index in [2.05, 4.69) is 24.4 Å². The van der Waals surface area contributed by atoms with Crippen molar-refractivity contribution in [2.45, 2.75) is 51.5 Å². The Morgan fingerprint density at radius 1 is 1.16 bits per heavy atom. The molecule has 0 amide bonds. The van der Waals surface area contributed by atoms with Crippen LogP contribution in [0.4, 0.5) is 0 Å². The standard InChI is InChI=1S/C17H27NO/c1-14(16-6-4-3-5-7-16)18-13-12-15-8-10-17(19-2)11-9-15/h8-11,14,16,18H,3-7,12-13H2,1-2H3. The van der Waals surface area contributed by atoms with Gasteiger partial charge in [0.25, 0.3) is 0 Å². The summed E-state index contributed by atoms with van der Waals surface area (Å²) in [4.78, 5) is 0. The van der Waals surface area contributed by atoms with Gasteiger partial charge in [-0.15, -0.1) is 0 Å². The van der Waals surface area contributed by atoms with Gasteiger partial charge >= 0.3 is 0 Å². The minimum absolute atomic E-state index is 0.665. The van der Waals surface area contributed by atoms with E-state index in [4.69, 9.17) is 4.74 Å². The van der Waals surface area contributed by atoms with Crippen LogP contribution in [0, 0.1) is 5.92 Å². The molecule has 0 spiro atoms. The lowest BCUT2D eigenvalue weighted by Crippen LogP contribution is -2.35. The lowest BCUT2D eigenvalue weighted by atomic mass is 9.84. The van der Waals surface area contributed by atoms with Crippen molar-refractivity contribution in [3.05, 3.63) is 29.8 Å². The van der Waals surface area contributed by atoms with Gasteiger partial charge in [0.15, 0.2) is 0 Å². The van der Waals surface area contributed by atoms with Crippen molar-refractivity contribution in [2.75, 3.05) is 13.7 Å². The number of rotatable bonds is 6. The third-order valence-electron chi connectivity index (χ3n) is 4.40. The first-order valence-electron chi connectivity index (χ1n) is 7.66. The Bertz CT molecular complexity index is 354. The highest BCUT2D eigenvalue weighted by atomic mass is 16.5. The molecule has 0 aliphatic heterocycles. The second-order valence-electron chi connectivity index (χ2n) is 5.74. The zero-order valence-corrected chi connectivity index (χ0v) is 12.3. The zero-order valence-electron chi connectivity index (χ0n) is 12.3. The summed E-state index contributed by atoms with van der Waals surface area (Å²) in [5.41, 5.74) is 1.38. The van der Waals surface area contributed by atoms with Crippen LogP contribution in [0.15, 0.2) is 24.3 Å². The maximum atomic E-state index is 5.18. The summed E-state index contributed by atoms with van der Waals surface area (Å²) in [6.45, 7) is 3.42. The first-order chi connectivity index (χ1) is 9.29. The van der Waals surface area contributed by atoms with Crippen LogP contribution in [-0.4, -0.2) is 19.7 Å². The second-order valence-corrected chi connectivity index (χ2v) is 5.74. The molecule has 1 saturated carbocycles. The Balaban J connectivity index is 1.69. The number of nitrogens with one attached hydrogen (secondary N) is 1. The molecule has 0 saturated heterocycles. The zero-order chi connectivity index (χ0) is 13.5. The van der Waals surface area contributed by atoms with Crippen LogP contribution in [0.25, 0.3) is 0 Å². The number of methoxy groups -OCH3 is 1. The van der Waals surface area contributed by atoms with Gasteiger partial charge < -0.3 is 10.1 Å². The van der Waals surface area contributed by atoms with Crippen LogP contribution in [0.5, 0.6) is 5.75 Å². The molecule has 1 aromatic rings. The smallest absolute Gasteiger partial charge is 0.118 e. The molecule has 1 atom stereocenters. The molecule has 0 aromatic heterocycles. The van der Waals surface area contributed by atoms with Gasteiger partial charge in [-0.05, 0) is 56.3 Å². The molecule has 1 aliphatic rings. The molecule has 0 heterocycles. The Hall–Kier alpha value is -1.02. The second kappa shape index (κ2) is 7.54. The molecule has 0 radical (unpaired) electrons. The van der Waals surface area contributed by atoms with Crippen LogP contribution >= 0.6 is 0 Å². The summed E-state index contributed by atoms with van der Waals surface area (Å²) in [5, 5.41) is 3.70. The van der Waals surface area contributed by atoms with E-state index in [1.165, 1.54) is 37.7 Å². The topological polar surface area (TPSA) is 21.3 Å². The van der Waals surface area contributed by atoms with Crippen LogP contribution in [0.3, 0.4) is 0 Å². The summed E-state index contributed by atoms with van der Waals surface area (Å²) in [5.74, 6) is 1.83. The summed E-state index contributed by atoms with van der Waals surface area (Å²) >= 11 is 0. The van der Waals surface area contributed by atoms with Crippen LogP contribution in [-0.2, 0) is 6.42 Å². The normalized spacial score (nSPS) is 18.2. The van der Waals surface area contributed by atoms with Crippen LogP contribution < -0.4 is 10.1 Å². The third kappa shape index (κ3) is 4.54. The Morgan fingerprint density at radius 2 is 1.84 bits per heavy atom. The fourth-order valence-electron chi connectivity index (χ4n) is 3.04. The molecule has 1 aliphatic carbocycles. The summed E-state index contributed by atoms with van der Waals surface area (Å²) in [6.07, 6.45) is 8.22.